The molecule has 1 atom stereocenters. The van der Waals surface area contributed by atoms with Crippen LogP contribution in [0.25, 0.3) is 0 Å². The van der Waals surface area contributed by atoms with Gasteiger partial charge in [-0.15, -0.1) is 0 Å². The Hall–Kier alpha value is -1.66. The Kier molecular flexibility index (Phi) is 3.81. The molecule has 6 heteroatoms. The number of nitrogens with zero attached hydrogens (tertiary/aromatic N) is 2. The third-order valence-corrected chi connectivity index (χ3v) is 2.30. The fourth-order valence-corrected chi connectivity index (χ4v) is 1.40. The van der Waals surface area contributed by atoms with Crippen molar-refractivity contribution < 1.29 is 10.0 Å². The molecule has 0 aromatic heterocycles. The van der Waals surface area contributed by atoms with Gasteiger partial charge >= 0.3 is 0 Å². The van der Waals surface area contributed by atoms with Crippen LogP contribution in [0.4, 0.5) is 11.4 Å². The fraction of sp³-hybridized carbons (Fsp3) is 0.400. The monoisotopic (exact) mass is 225 g/mol. The van der Waals surface area contributed by atoms with Crippen molar-refractivity contribution in [2.75, 3.05) is 25.6 Å². The second kappa shape index (κ2) is 4.91. The summed E-state index contributed by atoms with van der Waals surface area (Å²) in [7, 11) is 3.46. The average molecular weight is 225 g/mol. The fourth-order valence-electron chi connectivity index (χ4n) is 1.40. The molecule has 0 aliphatic rings. The SMILES string of the molecule is CN(C)c1ccc([C@H](N)CO)cc1[N+](=O)[O-]. The summed E-state index contributed by atoms with van der Waals surface area (Å²) in [6, 6.07) is 4.12. The predicted octanol–water partition coefficient (Wildman–Crippen LogP) is 0.653. The van der Waals surface area contributed by atoms with Crippen LogP contribution in [0, 0.1) is 10.1 Å². The minimum Gasteiger partial charge on any atom is -0.394 e. The van der Waals surface area contributed by atoms with E-state index in [1.807, 2.05) is 0 Å². The number of aliphatic hydroxyl groups excluding tert-OH is 1. The second-order valence-corrected chi connectivity index (χ2v) is 3.69. The van der Waals surface area contributed by atoms with Gasteiger partial charge in [0.2, 0.25) is 0 Å². The van der Waals surface area contributed by atoms with Crippen LogP contribution in [0.15, 0.2) is 18.2 Å². The largest absolute Gasteiger partial charge is 0.394 e. The molecule has 0 aliphatic carbocycles. The average Bonchev–Trinajstić information content (AvgIpc) is 2.26. The molecule has 0 aliphatic heterocycles. The number of nitro benzene ring substituents is 1. The third-order valence-electron chi connectivity index (χ3n) is 2.30. The molecule has 0 fully saturated rings. The zero-order chi connectivity index (χ0) is 12.3. The maximum Gasteiger partial charge on any atom is 0.292 e. The predicted molar refractivity (Wildman–Crippen MR) is 61.4 cm³/mol. The van der Waals surface area contributed by atoms with Crippen molar-refractivity contribution >= 4 is 11.4 Å². The Morgan fingerprint density at radius 3 is 2.62 bits per heavy atom. The molecule has 0 amide bonds. The molecular weight excluding hydrogens is 210 g/mol. The van der Waals surface area contributed by atoms with Gasteiger partial charge in [0.25, 0.3) is 5.69 Å². The van der Waals surface area contributed by atoms with Gasteiger partial charge in [-0.1, -0.05) is 6.07 Å². The van der Waals surface area contributed by atoms with Crippen LogP contribution in [-0.2, 0) is 0 Å². The highest BCUT2D eigenvalue weighted by Crippen LogP contribution is 2.29. The van der Waals surface area contributed by atoms with Crippen molar-refractivity contribution in [2.45, 2.75) is 6.04 Å². The minimum atomic E-state index is -0.588. The summed E-state index contributed by atoms with van der Waals surface area (Å²) in [6.07, 6.45) is 0. The van der Waals surface area contributed by atoms with E-state index in [-0.39, 0.29) is 12.3 Å². The number of nitrogens with two attached hydrogens (primary N) is 1. The molecular formula is C10H15N3O3. The maximum absolute atomic E-state index is 10.9. The van der Waals surface area contributed by atoms with Crippen molar-refractivity contribution in [1.82, 2.24) is 0 Å². The Labute approximate surface area is 93.4 Å². The molecule has 0 unspecified atom stereocenters. The maximum atomic E-state index is 10.9. The Bertz CT molecular complexity index is 393. The van der Waals surface area contributed by atoms with E-state index in [9.17, 15) is 10.1 Å². The van der Waals surface area contributed by atoms with Gasteiger partial charge in [0.15, 0.2) is 0 Å². The molecule has 1 aromatic carbocycles. The molecule has 0 radical (unpaired) electrons. The van der Waals surface area contributed by atoms with Crippen LogP contribution in [0.1, 0.15) is 11.6 Å². The van der Waals surface area contributed by atoms with Gasteiger partial charge in [0.1, 0.15) is 5.69 Å². The molecule has 0 saturated carbocycles. The van der Waals surface area contributed by atoms with Crippen molar-refractivity contribution in [2.24, 2.45) is 5.73 Å². The van der Waals surface area contributed by atoms with E-state index in [0.29, 0.717) is 11.3 Å². The van der Waals surface area contributed by atoms with Crippen LogP contribution in [0.3, 0.4) is 0 Å². The quantitative estimate of drug-likeness (QED) is 0.579. The van der Waals surface area contributed by atoms with Crippen LogP contribution in [0.5, 0.6) is 0 Å². The first kappa shape index (κ1) is 12.4. The molecule has 0 heterocycles. The molecule has 6 nitrogen and oxygen atoms in total. The van der Waals surface area contributed by atoms with Gasteiger partial charge < -0.3 is 15.7 Å². The number of nitro groups is 1. The van der Waals surface area contributed by atoms with E-state index in [1.165, 1.54) is 6.07 Å². The highest BCUT2D eigenvalue weighted by molar-refractivity contribution is 5.63. The van der Waals surface area contributed by atoms with Crippen LogP contribution < -0.4 is 10.6 Å². The van der Waals surface area contributed by atoms with Crippen molar-refractivity contribution in [1.29, 1.82) is 0 Å². The topological polar surface area (TPSA) is 92.6 Å². The molecule has 0 bridgehead atoms. The molecule has 0 spiro atoms. The minimum absolute atomic E-state index is 0.00796. The van der Waals surface area contributed by atoms with Gasteiger partial charge in [0.05, 0.1) is 17.6 Å². The zero-order valence-corrected chi connectivity index (χ0v) is 9.25. The van der Waals surface area contributed by atoms with E-state index in [2.05, 4.69) is 0 Å². The van der Waals surface area contributed by atoms with Crippen molar-refractivity contribution in [3.05, 3.63) is 33.9 Å². The number of anilines is 1. The Balaban J connectivity index is 3.23. The number of rotatable bonds is 4. The lowest BCUT2D eigenvalue weighted by atomic mass is 10.1. The lowest BCUT2D eigenvalue weighted by Gasteiger charge is -2.15. The summed E-state index contributed by atoms with van der Waals surface area (Å²) in [5, 5.41) is 19.8. The highest BCUT2D eigenvalue weighted by atomic mass is 16.6. The van der Waals surface area contributed by atoms with Crippen molar-refractivity contribution in [3.63, 3.8) is 0 Å². The van der Waals surface area contributed by atoms with E-state index >= 15 is 0 Å². The van der Waals surface area contributed by atoms with Crippen LogP contribution in [0.2, 0.25) is 0 Å². The molecule has 0 saturated heterocycles. The summed E-state index contributed by atoms with van der Waals surface area (Å²) in [6.45, 7) is -0.238. The Morgan fingerprint density at radius 1 is 1.56 bits per heavy atom. The smallest absolute Gasteiger partial charge is 0.292 e. The molecule has 3 N–H and O–H groups in total. The number of hydrogen-bond donors (Lipinski definition) is 2. The standard InChI is InChI=1S/C10H15N3O3/c1-12(2)9-4-3-7(8(11)6-14)5-10(9)13(15)16/h3-5,8,14H,6,11H2,1-2H3/t8-/m1/s1. The third kappa shape index (κ3) is 2.47. The van der Waals surface area contributed by atoms with Gasteiger partial charge in [-0.25, -0.2) is 0 Å². The number of hydrogen-bond acceptors (Lipinski definition) is 5. The number of benzene rings is 1. The van der Waals surface area contributed by atoms with Gasteiger partial charge in [-0.05, 0) is 11.6 Å². The highest BCUT2D eigenvalue weighted by Gasteiger charge is 2.17. The zero-order valence-electron chi connectivity index (χ0n) is 9.25. The van der Waals surface area contributed by atoms with E-state index in [4.69, 9.17) is 10.8 Å². The van der Waals surface area contributed by atoms with Gasteiger partial charge in [-0.2, -0.15) is 0 Å². The van der Waals surface area contributed by atoms with E-state index in [1.54, 1.807) is 31.1 Å². The summed E-state index contributed by atoms with van der Waals surface area (Å²) >= 11 is 0. The first-order valence-electron chi connectivity index (χ1n) is 4.79. The summed E-state index contributed by atoms with van der Waals surface area (Å²) < 4.78 is 0. The first-order valence-corrected chi connectivity index (χ1v) is 4.79. The van der Waals surface area contributed by atoms with Gasteiger partial charge in [0, 0.05) is 20.2 Å². The van der Waals surface area contributed by atoms with Crippen molar-refractivity contribution in [3.8, 4) is 0 Å². The summed E-state index contributed by atoms with van der Waals surface area (Å²) in [4.78, 5) is 12.1. The van der Waals surface area contributed by atoms with E-state index < -0.39 is 11.0 Å². The van der Waals surface area contributed by atoms with Gasteiger partial charge in [-0.3, -0.25) is 10.1 Å². The first-order chi connectivity index (χ1) is 7.47. The molecule has 1 rings (SSSR count). The number of aliphatic hydroxyl groups is 1. The summed E-state index contributed by atoms with van der Waals surface area (Å²) in [5.41, 5.74) is 6.66. The second-order valence-electron chi connectivity index (χ2n) is 3.69. The van der Waals surface area contributed by atoms with Crippen LogP contribution >= 0.6 is 0 Å². The van der Waals surface area contributed by atoms with E-state index in [0.717, 1.165) is 0 Å². The molecule has 1 aromatic rings. The molecule has 16 heavy (non-hydrogen) atoms. The lowest BCUT2D eigenvalue weighted by Crippen LogP contribution is -2.16. The lowest BCUT2D eigenvalue weighted by molar-refractivity contribution is -0.384. The normalized spacial score (nSPS) is 12.2. The van der Waals surface area contributed by atoms with Crippen LogP contribution in [-0.4, -0.2) is 30.7 Å². The molecule has 88 valence electrons. The summed E-state index contributed by atoms with van der Waals surface area (Å²) in [5.74, 6) is 0. The Morgan fingerprint density at radius 2 is 2.19 bits per heavy atom.